The van der Waals surface area contributed by atoms with E-state index in [1.807, 2.05) is 0 Å². The van der Waals surface area contributed by atoms with Crippen molar-refractivity contribution in [3.05, 3.63) is 0 Å². The second-order valence-corrected chi connectivity index (χ2v) is 3.58. The van der Waals surface area contributed by atoms with Crippen molar-refractivity contribution < 1.29 is 0 Å². The van der Waals surface area contributed by atoms with E-state index in [9.17, 15) is 0 Å². The van der Waals surface area contributed by atoms with Gasteiger partial charge >= 0.3 is 0 Å². The fraction of sp³-hybridized carbons (Fsp3) is 1.00. The second kappa shape index (κ2) is 4.73. The van der Waals surface area contributed by atoms with Crippen LogP contribution in [0.4, 0.5) is 0 Å². The van der Waals surface area contributed by atoms with E-state index < -0.39 is 0 Å². The minimum absolute atomic E-state index is 0.618. The van der Waals surface area contributed by atoms with Gasteiger partial charge in [-0.1, -0.05) is 34.6 Å². The van der Waals surface area contributed by atoms with Gasteiger partial charge in [-0.2, -0.15) is 0 Å². The number of hydrogen-bond acceptors (Lipinski definition) is 1. The van der Waals surface area contributed by atoms with Crippen molar-refractivity contribution in [2.24, 2.45) is 5.92 Å². The molecule has 0 aromatic rings. The van der Waals surface area contributed by atoms with E-state index in [1.165, 1.54) is 6.42 Å². The Morgan fingerprint density at radius 2 is 1.60 bits per heavy atom. The molecule has 1 N–H and O–H groups in total. The zero-order valence-electron chi connectivity index (χ0n) is 7.94. The van der Waals surface area contributed by atoms with Crippen molar-refractivity contribution in [2.45, 2.75) is 53.1 Å². The van der Waals surface area contributed by atoms with Gasteiger partial charge in [0.1, 0.15) is 0 Å². The van der Waals surface area contributed by atoms with Crippen LogP contribution in [-0.2, 0) is 0 Å². The van der Waals surface area contributed by atoms with Gasteiger partial charge in [-0.3, -0.25) is 0 Å². The molecule has 10 heavy (non-hydrogen) atoms. The third kappa shape index (κ3) is 3.89. The standard InChI is InChI=1S/C9H21N/c1-6-9(7(2)3)10-8(4)5/h7-10H,6H2,1-5H3/t9-/m0/s1. The molecule has 0 unspecified atom stereocenters. The summed E-state index contributed by atoms with van der Waals surface area (Å²) in [6.45, 7) is 11.2. The molecule has 0 saturated carbocycles. The van der Waals surface area contributed by atoms with Gasteiger partial charge in [0.2, 0.25) is 0 Å². The maximum atomic E-state index is 3.53. The zero-order chi connectivity index (χ0) is 8.15. The molecule has 1 heteroatoms. The Kier molecular flexibility index (Phi) is 4.71. The van der Waals surface area contributed by atoms with Crippen LogP contribution in [0.1, 0.15) is 41.0 Å². The van der Waals surface area contributed by atoms with Crippen LogP contribution < -0.4 is 5.32 Å². The van der Waals surface area contributed by atoms with E-state index in [0.29, 0.717) is 12.1 Å². The molecule has 0 aromatic carbocycles. The summed E-state index contributed by atoms with van der Waals surface area (Å²) < 4.78 is 0. The normalized spacial score (nSPS) is 14.7. The van der Waals surface area contributed by atoms with Gasteiger partial charge < -0.3 is 5.32 Å². The molecular weight excluding hydrogens is 122 g/mol. The summed E-state index contributed by atoms with van der Waals surface area (Å²) in [4.78, 5) is 0. The van der Waals surface area contributed by atoms with Crippen molar-refractivity contribution in [2.75, 3.05) is 0 Å². The average Bonchev–Trinajstić information content (AvgIpc) is 1.81. The number of nitrogens with one attached hydrogen (secondary N) is 1. The van der Waals surface area contributed by atoms with Crippen LogP contribution in [-0.4, -0.2) is 12.1 Å². The van der Waals surface area contributed by atoms with Crippen LogP contribution in [0.25, 0.3) is 0 Å². The lowest BCUT2D eigenvalue weighted by Gasteiger charge is -2.23. The third-order valence-corrected chi connectivity index (χ3v) is 1.79. The molecule has 0 aliphatic rings. The summed E-state index contributed by atoms with van der Waals surface area (Å²) in [6, 6.07) is 1.31. The Labute approximate surface area is 65.2 Å². The van der Waals surface area contributed by atoms with E-state index in [1.54, 1.807) is 0 Å². The van der Waals surface area contributed by atoms with Gasteiger partial charge in [0.05, 0.1) is 0 Å². The lowest BCUT2D eigenvalue weighted by atomic mass is 10.0. The van der Waals surface area contributed by atoms with Crippen LogP contribution in [0.3, 0.4) is 0 Å². The summed E-state index contributed by atoms with van der Waals surface area (Å²) >= 11 is 0. The molecule has 0 aromatic heterocycles. The SMILES string of the molecule is CC[C@H](NC(C)C)C(C)C. The van der Waals surface area contributed by atoms with Gasteiger partial charge in [0, 0.05) is 12.1 Å². The first kappa shape index (κ1) is 9.96. The zero-order valence-corrected chi connectivity index (χ0v) is 7.94. The highest BCUT2D eigenvalue weighted by atomic mass is 14.9. The van der Waals surface area contributed by atoms with Crippen molar-refractivity contribution >= 4 is 0 Å². The third-order valence-electron chi connectivity index (χ3n) is 1.79. The van der Waals surface area contributed by atoms with Crippen molar-refractivity contribution in [3.63, 3.8) is 0 Å². The molecule has 0 heterocycles. The highest BCUT2D eigenvalue weighted by Gasteiger charge is 2.10. The Balaban J connectivity index is 3.60. The van der Waals surface area contributed by atoms with E-state index >= 15 is 0 Å². The molecule has 0 fully saturated rings. The van der Waals surface area contributed by atoms with Gasteiger partial charge in [0.15, 0.2) is 0 Å². The van der Waals surface area contributed by atoms with Crippen LogP contribution >= 0.6 is 0 Å². The minimum Gasteiger partial charge on any atom is -0.312 e. The second-order valence-electron chi connectivity index (χ2n) is 3.58. The van der Waals surface area contributed by atoms with Gasteiger partial charge in [-0.25, -0.2) is 0 Å². The predicted octanol–water partition coefficient (Wildman–Crippen LogP) is 2.42. The lowest BCUT2D eigenvalue weighted by molar-refractivity contribution is 0.362. The van der Waals surface area contributed by atoms with E-state index in [0.717, 1.165) is 5.92 Å². The highest BCUT2D eigenvalue weighted by Crippen LogP contribution is 2.05. The maximum Gasteiger partial charge on any atom is 0.00897 e. The molecule has 0 radical (unpaired) electrons. The summed E-state index contributed by atoms with van der Waals surface area (Å²) in [5.74, 6) is 0.757. The van der Waals surface area contributed by atoms with Crippen molar-refractivity contribution in [1.29, 1.82) is 0 Å². The van der Waals surface area contributed by atoms with Crippen LogP contribution in [0.2, 0.25) is 0 Å². The number of hydrogen-bond donors (Lipinski definition) is 1. The fourth-order valence-electron chi connectivity index (χ4n) is 1.21. The monoisotopic (exact) mass is 143 g/mol. The quantitative estimate of drug-likeness (QED) is 0.637. The smallest absolute Gasteiger partial charge is 0.00897 e. The van der Waals surface area contributed by atoms with Gasteiger partial charge in [0.25, 0.3) is 0 Å². The first-order chi connectivity index (χ1) is 4.57. The Bertz CT molecular complexity index is 76.8. The Morgan fingerprint density at radius 3 is 1.70 bits per heavy atom. The van der Waals surface area contributed by atoms with Crippen LogP contribution in [0.15, 0.2) is 0 Å². The molecule has 1 atom stereocenters. The van der Waals surface area contributed by atoms with E-state index in [-0.39, 0.29) is 0 Å². The largest absolute Gasteiger partial charge is 0.312 e. The number of rotatable bonds is 4. The summed E-state index contributed by atoms with van der Waals surface area (Å²) in [6.07, 6.45) is 1.23. The van der Waals surface area contributed by atoms with Gasteiger partial charge in [-0.15, -0.1) is 0 Å². The first-order valence-electron chi connectivity index (χ1n) is 4.34. The van der Waals surface area contributed by atoms with E-state index in [2.05, 4.69) is 39.9 Å². The molecule has 0 spiro atoms. The molecule has 0 bridgehead atoms. The topological polar surface area (TPSA) is 12.0 Å². The lowest BCUT2D eigenvalue weighted by Crippen LogP contribution is -2.37. The highest BCUT2D eigenvalue weighted by molar-refractivity contribution is 4.70. The molecule has 0 saturated heterocycles. The summed E-state index contributed by atoms with van der Waals surface area (Å²) in [5.41, 5.74) is 0. The molecule has 62 valence electrons. The van der Waals surface area contributed by atoms with Crippen molar-refractivity contribution in [3.8, 4) is 0 Å². The van der Waals surface area contributed by atoms with E-state index in [4.69, 9.17) is 0 Å². The molecule has 1 nitrogen and oxygen atoms in total. The minimum atomic E-state index is 0.618. The summed E-state index contributed by atoms with van der Waals surface area (Å²) in [7, 11) is 0. The van der Waals surface area contributed by atoms with Crippen LogP contribution in [0, 0.1) is 5.92 Å². The molecule has 0 aliphatic heterocycles. The molecule has 0 amide bonds. The van der Waals surface area contributed by atoms with Crippen LogP contribution in [0.5, 0.6) is 0 Å². The molecular formula is C9H21N. The van der Waals surface area contributed by atoms with Gasteiger partial charge in [-0.05, 0) is 12.3 Å². The molecule has 0 aliphatic carbocycles. The molecule has 0 rings (SSSR count). The fourth-order valence-corrected chi connectivity index (χ4v) is 1.21. The Hall–Kier alpha value is -0.0400. The first-order valence-corrected chi connectivity index (χ1v) is 4.34. The summed E-state index contributed by atoms with van der Waals surface area (Å²) in [5, 5.41) is 3.53. The van der Waals surface area contributed by atoms with Crippen molar-refractivity contribution in [1.82, 2.24) is 5.32 Å². The Morgan fingerprint density at radius 1 is 1.10 bits per heavy atom. The average molecular weight is 143 g/mol. The maximum absolute atomic E-state index is 3.53. The predicted molar refractivity (Wildman–Crippen MR) is 47.2 cm³/mol.